The quantitative estimate of drug-likeness (QED) is 0.775. The van der Waals surface area contributed by atoms with Gasteiger partial charge in [0, 0.05) is 11.4 Å². The van der Waals surface area contributed by atoms with Gasteiger partial charge in [-0.3, -0.25) is 0 Å². The van der Waals surface area contributed by atoms with Crippen LogP contribution in [-0.2, 0) is 0 Å². The molecule has 2 rings (SSSR count). The van der Waals surface area contributed by atoms with Gasteiger partial charge in [-0.25, -0.2) is 9.97 Å². The van der Waals surface area contributed by atoms with Crippen molar-refractivity contribution in [3.05, 3.63) is 22.8 Å². The molecule has 1 unspecified atom stereocenters. The zero-order valence-corrected chi connectivity index (χ0v) is 9.04. The molecule has 0 saturated heterocycles. The minimum absolute atomic E-state index is 0.0491. The lowest BCUT2D eigenvalue weighted by atomic mass is 10.1. The highest BCUT2D eigenvalue weighted by Gasteiger charge is 2.31. The normalized spacial score (nSPS) is 18.3. The van der Waals surface area contributed by atoms with E-state index in [4.69, 9.17) is 5.73 Å². The summed E-state index contributed by atoms with van der Waals surface area (Å²) in [7, 11) is 0. The molecule has 0 spiro atoms. The minimum Gasteiger partial charge on any atom is -0.321 e. The number of nitrogens with two attached hydrogens (primary N) is 1. The van der Waals surface area contributed by atoms with Crippen molar-refractivity contribution >= 4 is 0 Å². The fraction of sp³-hybridized carbons (Fsp3) is 0.636. The SMILES string of the molecule is Cc1nc(C(N)C2CC2)nc(C)c1C. The first-order valence-electron chi connectivity index (χ1n) is 5.17. The first-order chi connectivity index (χ1) is 6.59. The van der Waals surface area contributed by atoms with E-state index in [1.54, 1.807) is 0 Å². The monoisotopic (exact) mass is 191 g/mol. The van der Waals surface area contributed by atoms with Crippen molar-refractivity contribution in [2.24, 2.45) is 11.7 Å². The Morgan fingerprint density at radius 2 is 1.64 bits per heavy atom. The molecule has 0 aliphatic heterocycles. The number of hydrogen-bond donors (Lipinski definition) is 1. The fourth-order valence-electron chi connectivity index (χ4n) is 1.61. The van der Waals surface area contributed by atoms with Crippen molar-refractivity contribution in [2.75, 3.05) is 0 Å². The first-order valence-corrected chi connectivity index (χ1v) is 5.17. The molecule has 3 heteroatoms. The smallest absolute Gasteiger partial charge is 0.145 e. The molecule has 0 aromatic carbocycles. The lowest BCUT2D eigenvalue weighted by Crippen LogP contribution is -2.17. The van der Waals surface area contributed by atoms with Crippen LogP contribution in [0, 0.1) is 26.7 Å². The largest absolute Gasteiger partial charge is 0.321 e. The second-order valence-corrected chi connectivity index (χ2v) is 4.24. The van der Waals surface area contributed by atoms with Crippen molar-refractivity contribution in [1.82, 2.24) is 9.97 Å². The van der Waals surface area contributed by atoms with E-state index in [2.05, 4.69) is 16.9 Å². The Hall–Kier alpha value is -0.960. The summed E-state index contributed by atoms with van der Waals surface area (Å²) in [6.45, 7) is 6.09. The van der Waals surface area contributed by atoms with Gasteiger partial charge in [-0.15, -0.1) is 0 Å². The Labute approximate surface area is 84.8 Å². The van der Waals surface area contributed by atoms with Gasteiger partial charge in [-0.2, -0.15) is 0 Å². The van der Waals surface area contributed by atoms with Crippen LogP contribution in [0.1, 0.15) is 41.7 Å². The molecule has 1 aromatic heterocycles. The summed E-state index contributed by atoms with van der Waals surface area (Å²) in [4.78, 5) is 8.92. The van der Waals surface area contributed by atoms with Gasteiger partial charge in [0.05, 0.1) is 6.04 Å². The maximum atomic E-state index is 6.06. The molecule has 0 bridgehead atoms. The predicted octanol–water partition coefficient (Wildman–Crippen LogP) is 1.81. The lowest BCUT2D eigenvalue weighted by molar-refractivity contribution is 0.587. The van der Waals surface area contributed by atoms with Crippen LogP contribution in [0.25, 0.3) is 0 Å². The molecule has 1 heterocycles. The van der Waals surface area contributed by atoms with E-state index in [9.17, 15) is 0 Å². The van der Waals surface area contributed by atoms with E-state index in [0.29, 0.717) is 5.92 Å². The van der Waals surface area contributed by atoms with Crippen molar-refractivity contribution in [2.45, 2.75) is 39.7 Å². The van der Waals surface area contributed by atoms with Gasteiger partial charge in [0.15, 0.2) is 0 Å². The number of rotatable bonds is 2. The third-order valence-corrected chi connectivity index (χ3v) is 3.08. The highest BCUT2D eigenvalue weighted by atomic mass is 14.9. The highest BCUT2D eigenvalue weighted by Crippen LogP contribution is 2.38. The van der Waals surface area contributed by atoms with Crippen LogP contribution in [0.4, 0.5) is 0 Å². The van der Waals surface area contributed by atoms with Gasteiger partial charge in [-0.1, -0.05) is 0 Å². The molecule has 1 fully saturated rings. The van der Waals surface area contributed by atoms with E-state index in [0.717, 1.165) is 17.2 Å². The van der Waals surface area contributed by atoms with Crippen LogP contribution in [0.2, 0.25) is 0 Å². The van der Waals surface area contributed by atoms with Crippen LogP contribution in [-0.4, -0.2) is 9.97 Å². The summed E-state index contributed by atoms with van der Waals surface area (Å²) >= 11 is 0. The first kappa shape index (κ1) is 9.59. The molecule has 1 aromatic rings. The van der Waals surface area contributed by atoms with Crippen LogP contribution < -0.4 is 5.73 Å². The number of aryl methyl sites for hydroxylation is 2. The summed E-state index contributed by atoms with van der Waals surface area (Å²) in [6.07, 6.45) is 2.47. The zero-order valence-electron chi connectivity index (χ0n) is 9.04. The molecule has 0 radical (unpaired) electrons. The average Bonchev–Trinajstić information content (AvgIpc) is 2.95. The van der Waals surface area contributed by atoms with E-state index in [-0.39, 0.29) is 6.04 Å². The summed E-state index contributed by atoms with van der Waals surface area (Å²) in [5.74, 6) is 1.45. The highest BCUT2D eigenvalue weighted by molar-refractivity contribution is 5.23. The van der Waals surface area contributed by atoms with Crippen molar-refractivity contribution < 1.29 is 0 Å². The molecule has 0 amide bonds. The molecular formula is C11H17N3. The van der Waals surface area contributed by atoms with E-state index >= 15 is 0 Å². The van der Waals surface area contributed by atoms with Gasteiger partial charge in [0.2, 0.25) is 0 Å². The maximum Gasteiger partial charge on any atom is 0.145 e. The minimum atomic E-state index is 0.0491. The lowest BCUT2D eigenvalue weighted by Gasteiger charge is -2.12. The molecule has 1 atom stereocenters. The molecule has 1 aliphatic carbocycles. The Morgan fingerprint density at radius 1 is 1.14 bits per heavy atom. The molecule has 14 heavy (non-hydrogen) atoms. The average molecular weight is 191 g/mol. The Balaban J connectivity index is 2.34. The molecule has 1 saturated carbocycles. The van der Waals surface area contributed by atoms with Crippen molar-refractivity contribution in [1.29, 1.82) is 0 Å². The zero-order chi connectivity index (χ0) is 10.3. The predicted molar refractivity (Wildman–Crippen MR) is 55.9 cm³/mol. The van der Waals surface area contributed by atoms with Gasteiger partial charge in [-0.05, 0) is 45.1 Å². The molecule has 1 aliphatic rings. The van der Waals surface area contributed by atoms with Crippen LogP contribution in [0.5, 0.6) is 0 Å². The second-order valence-electron chi connectivity index (χ2n) is 4.24. The summed E-state index contributed by atoms with van der Waals surface area (Å²) in [5.41, 5.74) is 9.36. The summed E-state index contributed by atoms with van der Waals surface area (Å²) < 4.78 is 0. The topological polar surface area (TPSA) is 51.8 Å². The Morgan fingerprint density at radius 3 is 2.07 bits per heavy atom. The second kappa shape index (κ2) is 3.31. The van der Waals surface area contributed by atoms with Crippen LogP contribution >= 0.6 is 0 Å². The standard InChI is InChI=1S/C11H17N3/c1-6-7(2)13-11(14-8(6)3)10(12)9-4-5-9/h9-10H,4-5,12H2,1-3H3. The number of aromatic nitrogens is 2. The molecule has 3 nitrogen and oxygen atoms in total. The maximum absolute atomic E-state index is 6.06. The van der Waals surface area contributed by atoms with Crippen molar-refractivity contribution in [3.63, 3.8) is 0 Å². The van der Waals surface area contributed by atoms with E-state index in [1.165, 1.54) is 18.4 Å². The van der Waals surface area contributed by atoms with E-state index < -0.39 is 0 Å². The summed E-state index contributed by atoms with van der Waals surface area (Å²) in [6, 6.07) is 0.0491. The van der Waals surface area contributed by atoms with Crippen LogP contribution in [0.15, 0.2) is 0 Å². The third kappa shape index (κ3) is 1.64. The van der Waals surface area contributed by atoms with Crippen LogP contribution in [0.3, 0.4) is 0 Å². The number of hydrogen-bond acceptors (Lipinski definition) is 3. The molecule has 76 valence electrons. The molecule has 2 N–H and O–H groups in total. The van der Waals surface area contributed by atoms with Gasteiger partial charge in [0.1, 0.15) is 5.82 Å². The van der Waals surface area contributed by atoms with Crippen molar-refractivity contribution in [3.8, 4) is 0 Å². The van der Waals surface area contributed by atoms with E-state index in [1.807, 2.05) is 13.8 Å². The van der Waals surface area contributed by atoms with Gasteiger partial charge in [0.25, 0.3) is 0 Å². The molecular weight excluding hydrogens is 174 g/mol. The van der Waals surface area contributed by atoms with Gasteiger partial charge < -0.3 is 5.73 Å². The Bertz CT molecular complexity index is 333. The Kier molecular flexibility index (Phi) is 2.27. The third-order valence-electron chi connectivity index (χ3n) is 3.08. The van der Waals surface area contributed by atoms with Gasteiger partial charge >= 0.3 is 0 Å². The number of nitrogens with zero attached hydrogens (tertiary/aromatic N) is 2. The summed E-state index contributed by atoms with van der Waals surface area (Å²) in [5, 5.41) is 0. The fourth-order valence-corrected chi connectivity index (χ4v) is 1.61.